The van der Waals surface area contributed by atoms with E-state index in [2.05, 4.69) is 10.3 Å². The van der Waals surface area contributed by atoms with Gasteiger partial charge in [0.05, 0.1) is 15.8 Å². The molecule has 0 spiro atoms. The van der Waals surface area contributed by atoms with Crippen molar-refractivity contribution >= 4 is 44.1 Å². The van der Waals surface area contributed by atoms with Crippen molar-refractivity contribution in [3.63, 3.8) is 0 Å². The molecular weight excluding hydrogens is 463 g/mol. The summed E-state index contributed by atoms with van der Waals surface area (Å²) in [5.41, 5.74) is -2.51. The van der Waals surface area contributed by atoms with Gasteiger partial charge in [0.1, 0.15) is 0 Å². The molecule has 2 aliphatic rings. The predicted molar refractivity (Wildman–Crippen MR) is 126 cm³/mol. The SMILES string of the molecule is Cc1ccc(N2C(=O)[C@@](Nc3nc4ccccc4s3)(C(F)(F)F)C3=C2CC(C)(C)CC3=O)cc1. The number of amides is 1. The highest BCUT2D eigenvalue weighted by molar-refractivity contribution is 7.22. The Bertz CT molecular complexity index is 1320. The summed E-state index contributed by atoms with van der Waals surface area (Å²) in [5.74, 6) is -1.92. The zero-order valence-corrected chi connectivity index (χ0v) is 19.6. The van der Waals surface area contributed by atoms with E-state index in [-0.39, 0.29) is 23.7 Å². The summed E-state index contributed by atoms with van der Waals surface area (Å²) in [6, 6.07) is 13.6. The zero-order valence-electron chi connectivity index (χ0n) is 18.8. The molecule has 0 unspecified atom stereocenters. The first-order valence-electron chi connectivity index (χ1n) is 10.8. The van der Waals surface area contributed by atoms with E-state index < -0.39 is 34.4 Å². The Kier molecular flexibility index (Phi) is 4.91. The molecule has 0 saturated heterocycles. The van der Waals surface area contributed by atoms with E-state index in [1.54, 1.807) is 48.5 Å². The van der Waals surface area contributed by atoms with Gasteiger partial charge in [-0.15, -0.1) is 0 Å². The van der Waals surface area contributed by atoms with Gasteiger partial charge in [-0.3, -0.25) is 14.5 Å². The molecule has 1 aromatic heterocycles. The second-order valence-corrected chi connectivity index (χ2v) is 10.6. The van der Waals surface area contributed by atoms with Crippen LogP contribution in [0.4, 0.5) is 24.0 Å². The van der Waals surface area contributed by atoms with Crippen LogP contribution in [0.1, 0.15) is 32.3 Å². The fourth-order valence-corrected chi connectivity index (χ4v) is 5.73. The van der Waals surface area contributed by atoms with Gasteiger partial charge in [-0.2, -0.15) is 13.2 Å². The second-order valence-electron chi connectivity index (χ2n) is 9.60. The maximum absolute atomic E-state index is 15.0. The molecular formula is C25H22F3N3O2S. The molecule has 2 heterocycles. The van der Waals surface area contributed by atoms with Crippen LogP contribution in [0.5, 0.6) is 0 Å². The van der Waals surface area contributed by atoms with Gasteiger partial charge in [-0.1, -0.05) is 55.0 Å². The third kappa shape index (κ3) is 3.33. The summed E-state index contributed by atoms with van der Waals surface area (Å²) in [6.45, 7) is 5.49. The van der Waals surface area contributed by atoms with Crippen LogP contribution in [0.2, 0.25) is 0 Å². The second kappa shape index (κ2) is 7.40. The van der Waals surface area contributed by atoms with Crippen LogP contribution in [-0.2, 0) is 9.59 Å². The van der Waals surface area contributed by atoms with E-state index >= 15 is 0 Å². The van der Waals surface area contributed by atoms with Crippen LogP contribution in [0, 0.1) is 12.3 Å². The van der Waals surface area contributed by atoms with Gasteiger partial charge in [-0.25, -0.2) is 4.98 Å². The molecule has 0 radical (unpaired) electrons. The lowest BCUT2D eigenvalue weighted by Crippen LogP contribution is -2.61. The largest absolute Gasteiger partial charge is 0.425 e. The molecule has 1 aliphatic carbocycles. The minimum absolute atomic E-state index is 0.0675. The quantitative estimate of drug-likeness (QED) is 0.494. The Morgan fingerprint density at radius 1 is 1.03 bits per heavy atom. The standard InChI is InChI=1S/C25H22F3N3O2S/c1-14-8-10-15(11-9-14)31-17-12-23(2,3)13-18(32)20(17)24(21(31)33,25(26,27)28)30-22-29-16-6-4-5-7-19(16)34-22/h4-11H,12-13H2,1-3H3,(H,29,30)/t24-/m1/s1. The first-order chi connectivity index (χ1) is 15.9. The van der Waals surface area contributed by atoms with Gasteiger partial charge >= 0.3 is 6.18 Å². The number of halogens is 3. The van der Waals surface area contributed by atoms with Crippen LogP contribution in [0.25, 0.3) is 10.2 Å². The van der Waals surface area contributed by atoms with Crippen molar-refractivity contribution in [1.82, 2.24) is 4.98 Å². The van der Waals surface area contributed by atoms with E-state index in [9.17, 15) is 22.8 Å². The van der Waals surface area contributed by atoms with Crippen molar-refractivity contribution in [2.45, 2.75) is 45.3 Å². The summed E-state index contributed by atoms with van der Waals surface area (Å²) in [7, 11) is 0. The molecule has 3 aromatic rings. The van der Waals surface area contributed by atoms with E-state index in [4.69, 9.17) is 0 Å². The number of carbonyl (C=O) groups excluding carboxylic acids is 2. The summed E-state index contributed by atoms with van der Waals surface area (Å²) < 4.78 is 45.6. The third-order valence-electron chi connectivity index (χ3n) is 6.33. The van der Waals surface area contributed by atoms with Crippen LogP contribution in [0.15, 0.2) is 59.8 Å². The van der Waals surface area contributed by atoms with Crippen LogP contribution >= 0.6 is 11.3 Å². The lowest BCUT2D eigenvalue weighted by Gasteiger charge is -2.35. The highest BCUT2D eigenvalue weighted by atomic mass is 32.1. The Morgan fingerprint density at radius 2 is 1.71 bits per heavy atom. The number of hydrogen-bond acceptors (Lipinski definition) is 5. The summed E-state index contributed by atoms with van der Waals surface area (Å²) >= 11 is 1.01. The predicted octanol–water partition coefficient (Wildman–Crippen LogP) is 6.01. The highest BCUT2D eigenvalue weighted by Crippen LogP contribution is 2.54. The topological polar surface area (TPSA) is 62.3 Å². The molecule has 1 amide bonds. The van der Waals surface area contributed by atoms with Gasteiger partial charge in [0.15, 0.2) is 10.9 Å². The van der Waals surface area contributed by atoms with Crippen LogP contribution < -0.4 is 10.2 Å². The van der Waals surface area contributed by atoms with Crippen molar-refractivity contribution in [1.29, 1.82) is 0 Å². The lowest BCUT2D eigenvalue weighted by atomic mass is 9.72. The lowest BCUT2D eigenvalue weighted by molar-refractivity contribution is -0.175. The molecule has 5 nitrogen and oxygen atoms in total. The number of hydrogen-bond donors (Lipinski definition) is 1. The molecule has 1 atom stereocenters. The van der Waals surface area contributed by atoms with Gasteiger partial charge in [0.2, 0.25) is 5.54 Å². The number of nitrogens with zero attached hydrogens (tertiary/aromatic N) is 2. The molecule has 2 aromatic carbocycles. The van der Waals surface area contributed by atoms with Crippen LogP contribution in [0.3, 0.4) is 0 Å². The number of Topliss-reactive ketones (excluding diaryl/α,β-unsaturated/α-hetero) is 1. The monoisotopic (exact) mass is 485 g/mol. The fraction of sp³-hybridized carbons (Fsp3) is 0.320. The number of benzene rings is 2. The number of aromatic nitrogens is 1. The number of alkyl halides is 3. The van der Waals surface area contributed by atoms with Gasteiger partial charge < -0.3 is 5.32 Å². The maximum Gasteiger partial charge on any atom is 0.425 e. The minimum Gasteiger partial charge on any atom is -0.336 e. The van der Waals surface area contributed by atoms with Gasteiger partial charge in [0.25, 0.3) is 5.91 Å². The van der Waals surface area contributed by atoms with Crippen molar-refractivity contribution < 1.29 is 22.8 Å². The molecule has 1 N–H and O–H groups in total. The molecule has 0 fully saturated rings. The van der Waals surface area contributed by atoms with Crippen molar-refractivity contribution in [2.24, 2.45) is 5.41 Å². The van der Waals surface area contributed by atoms with E-state index in [1.165, 1.54) is 0 Å². The highest BCUT2D eigenvalue weighted by Gasteiger charge is 2.71. The number of thiazole rings is 1. The number of aryl methyl sites for hydroxylation is 1. The molecule has 9 heteroatoms. The van der Waals surface area contributed by atoms with Gasteiger partial charge in [0, 0.05) is 17.8 Å². The number of para-hydroxylation sites is 1. The molecule has 5 rings (SSSR count). The third-order valence-corrected chi connectivity index (χ3v) is 7.28. The maximum atomic E-state index is 15.0. The summed E-state index contributed by atoms with van der Waals surface area (Å²) in [5, 5.41) is 2.35. The molecule has 176 valence electrons. The van der Waals surface area contributed by atoms with Crippen LogP contribution in [-0.4, -0.2) is 28.4 Å². The Hall–Kier alpha value is -3.20. The molecule has 0 bridgehead atoms. The number of allylic oxidation sites excluding steroid dienone is 1. The number of nitrogens with one attached hydrogen (secondary N) is 1. The molecule has 0 saturated carbocycles. The average Bonchev–Trinajstić information content (AvgIpc) is 3.24. The number of ketones is 1. The first kappa shape index (κ1) is 22.6. The van der Waals surface area contributed by atoms with Gasteiger partial charge in [-0.05, 0) is 43.0 Å². The number of fused-ring (bicyclic) bond motifs is 1. The molecule has 1 aliphatic heterocycles. The smallest absolute Gasteiger partial charge is 0.336 e. The Labute approximate surface area is 198 Å². The minimum atomic E-state index is -5.08. The average molecular weight is 486 g/mol. The van der Waals surface area contributed by atoms with E-state index in [1.807, 2.05) is 20.8 Å². The first-order valence-corrected chi connectivity index (χ1v) is 11.6. The summed E-state index contributed by atoms with van der Waals surface area (Å²) in [6.07, 6.45) is -5.01. The molecule has 34 heavy (non-hydrogen) atoms. The van der Waals surface area contributed by atoms with Crippen molar-refractivity contribution in [2.75, 3.05) is 10.2 Å². The summed E-state index contributed by atoms with van der Waals surface area (Å²) in [4.78, 5) is 32.5. The van der Waals surface area contributed by atoms with Crippen molar-refractivity contribution in [3.8, 4) is 0 Å². The van der Waals surface area contributed by atoms with E-state index in [0.29, 0.717) is 15.9 Å². The van der Waals surface area contributed by atoms with Crippen molar-refractivity contribution in [3.05, 3.63) is 65.4 Å². The number of carbonyl (C=O) groups is 2. The number of rotatable bonds is 3. The Morgan fingerprint density at radius 3 is 2.35 bits per heavy atom. The Balaban J connectivity index is 1.74. The normalized spacial score (nSPS) is 22.5. The zero-order chi connectivity index (χ0) is 24.5. The number of anilines is 2. The fourth-order valence-electron chi connectivity index (χ4n) is 4.80. The van der Waals surface area contributed by atoms with E-state index in [0.717, 1.165) is 21.8 Å².